The van der Waals surface area contributed by atoms with Gasteiger partial charge in [-0.2, -0.15) is 0 Å². The van der Waals surface area contributed by atoms with Crippen LogP contribution in [0.4, 0.5) is 21.1 Å². The summed E-state index contributed by atoms with van der Waals surface area (Å²) in [5.74, 6) is 0.270. The summed E-state index contributed by atoms with van der Waals surface area (Å²) >= 11 is 0. The second-order valence-corrected chi connectivity index (χ2v) is 21.1. The molecule has 2 aromatic heterocycles. The third-order valence-electron chi connectivity index (χ3n) is 9.51. The van der Waals surface area contributed by atoms with Crippen molar-refractivity contribution in [2.75, 3.05) is 24.2 Å². The van der Waals surface area contributed by atoms with Crippen LogP contribution in [0.25, 0.3) is 11.2 Å². The van der Waals surface area contributed by atoms with E-state index in [4.69, 9.17) is 13.6 Å². The first-order valence-corrected chi connectivity index (χ1v) is 21.5. The number of imidazole rings is 1. The van der Waals surface area contributed by atoms with Crippen LogP contribution in [0.2, 0.25) is 36.3 Å². The van der Waals surface area contributed by atoms with Gasteiger partial charge in [0.15, 0.2) is 39.8 Å². The van der Waals surface area contributed by atoms with Gasteiger partial charge in [-0.3, -0.25) is 9.88 Å². The fourth-order valence-electron chi connectivity index (χ4n) is 6.14. The number of nitrogens with zero attached hydrogens (tertiary/aromatic N) is 4. The van der Waals surface area contributed by atoms with E-state index in [9.17, 15) is 9.59 Å². The fourth-order valence-corrected chi connectivity index (χ4v) is 11.8. The molecule has 4 atom stereocenters. The number of carbonyl (C=O) groups is 2. The molecule has 15 heteroatoms. The minimum absolute atomic E-state index is 0.245. The Labute approximate surface area is 273 Å². The van der Waals surface area contributed by atoms with Crippen molar-refractivity contribution in [3.8, 4) is 0 Å². The maximum absolute atomic E-state index is 12.8. The summed E-state index contributed by atoms with van der Waals surface area (Å²) < 4.78 is 23.1. The lowest BCUT2D eigenvalue weighted by molar-refractivity contribution is -0.0297. The molecule has 4 N–H and O–H groups in total. The monoisotopic (exact) mass is 670 g/mol. The average Bonchev–Trinajstić information content (AvgIpc) is 3.66. The quantitative estimate of drug-likeness (QED) is 0.142. The molecule has 4 rings (SSSR count). The van der Waals surface area contributed by atoms with E-state index in [1.807, 2.05) is 22.8 Å². The molecule has 1 aliphatic heterocycles. The molecule has 0 spiro atoms. The summed E-state index contributed by atoms with van der Waals surface area (Å²) in [7, 11) is -2.73. The average molecular weight is 671 g/mol. The summed E-state index contributed by atoms with van der Waals surface area (Å²) in [4.78, 5) is 38.7. The zero-order valence-electron chi connectivity index (χ0n) is 28.1. The first-order chi connectivity index (χ1) is 22.2. The molecule has 1 saturated heterocycles. The van der Waals surface area contributed by atoms with Gasteiger partial charge in [0.1, 0.15) is 24.6 Å². The lowest BCUT2D eigenvalue weighted by Gasteiger charge is -2.39. The Bertz CT molecular complexity index is 1420. The number of hydrogen-bond donors (Lipinski definition) is 4. The summed E-state index contributed by atoms with van der Waals surface area (Å²) in [6, 6.07) is 14.2. The number of amides is 4. The van der Waals surface area contributed by atoms with Crippen LogP contribution < -0.4 is 21.3 Å². The number of rotatable bonds is 15. The van der Waals surface area contributed by atoms with Crippen LogP contribution in [0.5, 0.6) is 0 Å². The highest BCUT2D eigenvalue weighted by Gasteiger charge is 2.52. The van der Waals surface area contributed by atoms with Gasteiger partial charge in [-0.05, 0) is 48.4 Å². The van der Waals surface area contributed by atoms with Crippen molar-refractivity contribution < 1.29 is 23.2 Å². The molecule has 3 heterocycles. The molecule has 1 unspecified atom stereocenters. The maximum atomic E-state index is 12.8. The van der Waals surface area contributed by atoms with Gasteiger partial charge in [0.25, 0.3) is 0 Å². The molecule has 252 valence electrons. The van der Waals surface area contributed by atoms with Crippen molar-refractivity contribution in [2.24, 2.45) is 0 Å². The number of aromatic nitrogens is 4. The molecule has 46 heavy (non-hydrogen) atoms. The second-order valence-electron chi connectivity index (χ2n) is 11.7. The van der Waals surface area contributed by atoms with Crippen LogP contribution in [0.3, 0.4) is 0 Å². The van der Waals surface area contributed by atoms with Gasteiger partial charge in [-0.25, -0.2) is 24.5 Å². The van der Waals surface area contributed by atoms with Gasteiger partial charge in [0.2, 0.25) is 0 Å². The first-order valence-electron chi connectivity index (χ1n) is 16.5. The van der Waals surface area contributed by atoms with Crippen LogP contribution in [0, 0.1) is 0 Å². The fraction of sp³-hybridized carbons (Fsp3) is 0.581. The zero-order valence-corrected chi connectivity index (χ0v) is 30.1. The number of urea groups is 2. The van der Waals surface area contributed by atoms with Crippen LogP contribution >= 0.6 is 0 Å². The van der Waals surface area contributed by atoms with Gasteiger partial charge in [-0.15, -0.1) is 0 Å². The van der Waals surface area contributed by atoms with E-state index in [0.717, 1.165) is 36.3 Å². The summed E-state index contributed by atoms with van der Waals surface area (Å²) in [6.07, 6.45) is 1.05. The van der Waals surface area contributed by atoms with Gasteiger partial charge >= 0.3 is 12.1 Å². The summed E-state index contributed by atoms with van der Waals surface area (Å²) in [5, 5.41) is 11.2. The van der Waals surface area contributed by atoms with E-state index in [1.165, 1.54) is 6.33 Å². The Balaban J connectivity index is 1.75. The molecule has 1 aromatic carbocycles. The third kappa shape index (κ3) is 7.77. The van der Waals surface area contributed by atoms with Gasteiger partial charge < -0.3 is 29.5 Å². The van der Waals surface area contributed by atoms with E-state index >= 15 is 0 Å². The molecule has 1 fully saturated rings. The lowest BCUT2D eigenvalue weighted by Crippen LogP contribution is -2.53. The second kappa shape index (κ2) is 16.0. The number of hydrogen-bond acceptors (Lipinski definition) is 8. The van der Waals surface area contributed by atoms with Gasteiger partial charge in [0.05, 0.1) is 6.33 Å². The van der Waals surface area contributed by atoms with Crippen molar-refractivity contribution in [3.05, 3.63) is 43.0 Å². The third-order valence-corrected chi connectivity index (χ3v) is 18.8. The molecule has 0 aliphatic carbocycles. The SMILES string of the molecule is CC[Si](CC)(CC)OC1[C@@H](O[Si](CC)(CC)CC)[C@@H](CNC(=O)NC)O[C@H]1n1cnc2c(NC(=O)Nc3ccccc3)ncnc21. The molecule has 1 aliphatic rings. The van der Waals surface area contributed by atoms with Gasteiger partial charge in [-0.1, -0.05) is 59.7 Å². The molecular formula is C31H50N8O5Si2. The highest BCUT2D eigenvalue weighted by atomic mass is 28.4. The largest absolute Gasteiger partial charge is 0.408 e. The molecule has 0 bridgehead atoms. The van der Waals surface area contributed by atoms with Crippen molar-refractivity contribution in [1.82, 2.24) is 30.2 Å². The van der Waals surface area contributed by atoms with E-state index in [-0.39, 0.29) is 18.4 Å². The topological polar surface area (TPSA) is 154 Å². The molecule has 3 aromatic rings. The normalized spacial score (nSPS) is 20.1. The predicted molar refractivity (Wildman–Crippen MR) is 185 cm³/mol. The van der Waals surface area contributed by atoms with Crippen LogP contribution in [0.15, 0.2) is 43.0 Å². The Morgan fingerprint density at radius 1 is 0.826 bits per heavy atom. The lowest BCUT2D eigenvalue weighted by atomic mass is 10.1. The van der Waals surface area contributed by atoms with E-state index in [1.54, 1.807) is 25.5 Å². The number of benzene rings is 1. The van der Waals surface area contributed by atoms with Crippen molar-refractivity contribution in [3.63, 3.8) is 0 Å². The maximum Gasteiger partial charge on any atom is 0.324 e. The van der Waals surface area contributed by atoms with Crippen LogP contribution in [-0.4, -0.2) is 80.1 Å². The van der Waals surface area contributed by atoms with E-state index in [2.05, 4.69) is 77.8 Å². The smallest absolute Gasteiger partial charge is 0.324 e. The molecule has 0 radical (unpaired) electrons. The number of para-hydroxylation sites is 1. The summed E-state index contributed by atoms with van der Waals surface area (Å²) in [6.45, 7) is 13.4. The number of nitrogens with one attached hydrogen (secondary N) is 4. The standard InChI is InChI=1S/C31H50N8O5Si2/c1-8-45(9-2,10-3)43-25-23(19-33-30(40)32-7)42-29(26(25)44-46(11-4,12-5)13-6)39-21-36-24-27(34-20-35-28(24)39)38-31(41)37-22-17-15-14-16-18-22/h14-18,20-21,23,25-26,29H,8-13,19H2,1-7H3,(H2,32,33,40)(H2,34,35,37,38,41)/t23-,25+,26?,29-/m1/s1. The Kier molecular flexibility index (Phi) is 12.3. The molecule has 13 nitrogen and oxygen atoms in total. The molecule has 0 saturated carbocycles. The highest BCUT2D eigenvalue weighted by molar-refractivity contribution is 6.74. The Morgan fingerprint density at radius 2 is 1.43 bits per heavy atom. The number of carbonyl (C=O) groups excluding carboxylic acids is 2. The zero-order chi connectivity index (χ0) is 33.3. The van der Waals surface area contributed by atoms with Crippen LogP contribution in [0.1, 0.15) is 47.8 Å². The van der Waals surface area contributed by atoms with E-state index < -0.39 is 47.2 Å². The van der Waals surface area contributed by atoms with Crippen LogP contribution in [-0.2, 0) is 13.6 Å². The Morgan fingerprint density at radius 3 is 2.02 bits per heavy atom. The molecule has 4 amide bonds. The minimum atomic E-state index is -2.18. The summed E-state index contributed by atoms with van der Waals surface area (Å²) in [5.41, 5.74) is 1.56. The highest BCUT2D eigenvalue weighted by Crippen LogP contribution is 2.41. The number of anilines is 2. The Hall–Kier alpha value is -3.38. The van der Waals surface area contributed by atoms with Crippen molar-refractivity contribution in [1.29, 1.82) is 0 Å². The van der Waals surface area contributed by atoms with Crippen molar-refractivity contribution >= 4 is 51.4 Å². The molecular weight excluding hydrogens is 621 g/mol. The number of fused-ring (bicyclic) bond motifs is 1. The van der Waals surface area contributed by atoms with Gasteiger partial charge in [0, 0.05) is 19.3 Å². The predicted octanol–water partition coefficient (Wildman–Crippen LogP) is 6.08. The van der Waals surface area contributed by atoms with E-state index in [0.29, 0.717) is 16.9 Å². The first kappa shape index (κ1) is 35.5. The minimum Gasteiger partial charge on any atom is -0.408 e. The number of ether oxygens (including phenoxy) is 1. The van der Waals surface area contributed by atoms with Crippen molar-refractivity contribution in [2.45, 2.75) is 102 Å².